The standard InChI is InChI=1S/C26H36N2O2/c1-5-20(4)27-26(30)24(7-3)28(19-23-11-9-8-10-12-23)25(29)18-17-22-15-13-21(6-2)14-16-22/h8-16,20,24H,5-7,17-19H2,1-4H3,(H,27,30)/t20-,24+/m1/s1. The highest BCUT2D eigenvalue weighted by Gasteiger charge is 2.28. The van der Waals surface area contributed by atoms with E-state index in [1.54, 1.807) is 4.90 Å². The fraction of sp³-hybridized carbons (Fsp3) is 0.462. The van der Waals surface area contributed by atoms with Crippen LogP contribution in [-0.2, 0) is 29.0 Å². The fourth-order valence-electron chi connectivity index (χ4n) is 3.48. The zero-order valence-electron chi connectivity index (χ0n) is 18.9. The second-order valence-electron chi connectivity index (χ2n) is 7.92. The Morgan fingerprint density at radius 1 is 0.867 bits per heavy atom. The third-order valence-corrected chi connectivity index (χ3v) is 5.64. The molecule has 1 N–H and O–H groups in total. The maximum absolute atomic E-state index is 13.3. The molecule has 0 aliphatic heterocycles. The zero-order chi connectivity index (χ0) is 21.9. The van der Waals surface area contributed by atoms with Crippen molar-refractivity contribution in [3.63, 3.8) is 0 Å². The molecular formula is C26H36N2O2. The van der Waals surface area contributed by atoms with E-state index in [1.165, 1.54) is 5.56 Å². The summed E-state index contributed by atoms with van der Waals surface area (Å²) in [5.41, 5.74) is 3.48. The van der Waals surface area contributed by atoms with Crippen molar-refractivity contribution in [1.82, 2.24) is 10.2 Å². The summed E-state index contributed by atoms with van der Waals surface area (Å²) >= 11 is 0. The molecule has 0 heterocycles. The average Bonchev–Trinajstić information content (AvgIpc) is 2.78. The zero-order valence-corrected chi connectivity index (χ0v) is 18.9. The molecule has 30 heavy (non-hydrogen) atoms. The first-order chi connectivity index (χ1) is 14.5. The quantitative estimate of drug-likeness (QED) is 0.575. The van der Waals surface area contributed by atoms with Crippen LogP contribution >= 0.6 is 0 Å². The summed E-state index contributed by atoms with van der Waals surface area (Å²) in [7, 11) is 0. The predicted molar refractivity (Wildman–Crippen MR) is 123 cm³/mol. The van der Waals surface area contributed by atoms with Crippen LogP contribution < -0.4 is 5.32 Å². The molecule has 2 aromatic rings. The van der Waals surface area contributed by atoms with Crippen molar-refractivity contribution in [2.45, 2.75) is 78.4 Å². The van der Waals surface area contributed by atoms with Gasteiger partial charge in [-0.25, -0.2) is 0 Å². The molecule has 0 saturated carbocycles. The van der Waals surface area contributed by atoms with E-state index < -0.39 is 6.04 Å². The monoisotopic (exact) mass is 408 g/mol. The van der Waals surface area contributed by atoms with E-state index in [9.17, 15) is 9.59 Å². The molecule has 0 aliphatic carbocycles. The molecule has 4 heteroatoms. The first-order valence-corrected chi connectivity index (χ1v) is 11.2. The van der Waals surface area contributed by atoms with Gasteiger partial charge < -0.3 is 10.2 Å². The highest BCUT2D eigenvalue weighted by Crippen LogP contribution is 2.16. The minimum Gasteiger partial charge on any atom is -0.352 e. The second kappa shape index (κ2) is 12.2. The normalized spacial score (nSPS) is 12.8. The van der Waals surface area contributed by atoms with Crippen molar-refractivity contribution in [2.24, 2.45) is 0 Å². The number of aryl methyl sites for hydroxylation is 2. The molecule has 2 atom stereocenters. The van der Waals surface area contributed by atoms with Gasteiger partial charge in [0.1, 0.15) is 6.04 Å². The van der Waals surface area contributed by atoms with E-state index in [0.717, 1.165) is 24.0 Å². The molecule has 2 aromatic carbocycles. The summed E-state index contributed by atoms with van der Waals surface area (Å²) in [6, 6.07) is 18.0. The van der Waals surface area contributed by atoms with Gasteiger partial charge in [0.25, 0.3) is 0 Å². The molecule has 0 radical (unpaired) electrons. The summed E-state index contributed by atoms with van der Waals surface area (Å²) in [6.07, 6.45) is 3.53. The van der Waals surface area contributed by atoms with Crippen LogP contribution in [-0.4, -0.2) is 28.8 Å². The van der Waals surface area contributed by atoms with Gasteiger partial charge in [-0.3, -0.25) is 9.59 Å². The molecule has 4 nitrogen and oxygen atoms in total. The third kappa shape index (κ3) is 7.01. The van der Waals surface area contributed by atoms with Gasteiger partial charge in [0.05, 0.1) is 0 Å². The van der Waals surface area contributed by atoms with Crippen molar-refractivity contribution >= 4 is 11.8 Å². The third-order valence-electron chi connectivity index (χ3n) is 5.64. The molecule has 0 bridgehead atoms. The van der Waals surface area contributed by atoms with E-state index >= 15 is 0 Å². The molecule has 0 saturated heterocycles. The Morgan fingerprint density at radius 3 is 2.07 bits per heavy atom. The number of benzene rings is 2. The van der Waals surface area contributed by atoms with Gasteiger partial charge in [0.2, 0.25) is 11.8 Å². The molecule has 0 fully saturated rings. The lowest BCUT2D eigenvalue weighted by Gasteiger charge is -2.31. The summed E-state index contributed by atoms with van der Waals surface area (Å²) in [5, 5.41) is 3.06. The second-order valence-corrected chi connectivity index (χ2v) is 7.92. The molecule has 2 amide bonds. The van der Waals surface area contributed by atoms with E-state index in [-0.39, 0.29) is 17.9 Å². The van der Waals surface area contributed by atoms with Crippen LogP contribution in [0, 0.1) is 0 Å². The average molecular weight is 409 g/mol. The van der Waals surface area contributed by atoms with E-state index in [4.69, 9.17) is 0 Å². The molecule has 0 aromatic heterocycles. The van der Waals surface area contributed by atoms with Crippen LogP contribution in [0.5, 0.6) is 0 Å². The number of carbonyl (C=O) groups is 2. The number of rotatable bonds is 11. The van der Waals surface area contributed by atoms with Crippen LogP contribution in [0.15, 0.2) is 54.6 Å². The predicted octanol–water partition coefficient (Wildman–Crippen LogP) is 4.90. The van der Waals surface area contributed by atoms with Crippen LogP contribution in [0.25, 0.3) is 0 Å². The molecule has 0 spiro atoms. The lowest BCUT2D eigenvalue weighted by Crippen LogP contribution is -2.50. The lowest BCUT2D eigenvalue weighted by molar-refractivity contribution is -0.141. The topological polar surface area (TPSA) is 49.4 Å². The highest BCUT2D eigenvalue weighted by molar-refractivity contribution is 5.87. The number of nitrogens with one attached hydrogen (secondary N) is 1. The fourth-order valence-corrected chi connectivity index (χ4v) is 3.48. The Hall–Kier alpha value is -2.62. The Kier molecular flexibility index (Phi) is 9.59. The van der Waals surface area contributed by atoms with Gasteiger partial charge in [-0.15, -0.1) is 0 Å². The van der Waals surface area contributed by atoms with Gasteiger partial charge in [-0.2, -0.15) is 0 Å². The van der Waals surface area contributed by atoms with E-state index in [1.807, 2.05) is 51.1 Å². The number of hydrogen-bond donors (Lipinski definition) is 1. The lowest BCUT2D eigenvalue weighted by atomic mass is 10.0. The SMILES string of the molecule is CCc1ccc(CCC(=O)N(Cc2ccccc2)[C@@H](CC)C(=O)N[C@H](C)CC)cc1. The van der Waals surface area contributed by atoms with Crippen LogP contribution in [0.3, 0.4) is 0 Å². The van der Waals surface area contributed by atoms with Crippen LogP contribution in [0.2, 0.25) is 0 Å². The highest BCUT2D eigenvalue weighted by atomic mass is 16.2. The molecular weight excluding hydrogens is 372 g/mol. The number of hydrogen-bond acceptors (Lipinski definition) is 2. The van der Waals surface area contributed by atoms with E-state index in [2.05, 4.69) is 36.5 Å². The summed E-state index contributed by atoms with van der Waals surface area (Å²) < 4.78 is 0. The van der Waals surface area contributed by atoms with Crippen LogP contribution in [0.4, 0.5) is 0 Å². The summed E-state index contributed by atoms with van der Waals surface area (Å²) in [6.45, 7) is 8.59. The Morgan fingerprint density at radius 2 is 1.50 bits per heavy atom. The maximum atomic E-state index is 13.3. The number of carbonyl (C=O) groups excluding carboxylic acids is 2. The van der Waals surface area contributed by atoms with Crippen molar-refractivity contribution in [3.05, 3.63) is 71.3 Å². The summed E-state index contributed by atoms with van der Waals surface area (Å²) in [4.78, 5) is 27.9. The van der Waals surface area contributed by atoms with Crippen LogP contribution in [0.1, 0.15) is 63.6 Å². The van der Waals surface area contributed by atoms with Crippen molar-refractivity contribution in [2.75, 3.05) is 0 Å². The van der Waals surface area contributed by atoms with Crippen molar-refractivity contribution in [1.29, 1.82) is 0 Å². The van der Waals surface area contributed by atoms with Gasteiger partial charge in [-0.05, 0) is 49.3 Å². The minimum atomic E-state index is -0.464. The van der Waals surface area contributed by atoms with Gasteiger partial charge >= 0.3 is 0 Å². The van der Waals surface area contributed by atoms with E-state index in [0.29, 0.717) is 25.8 Å². The largest absolute Gasteiger partial charge is 0.352 e. The van der Waals surface area contributed by atoms with Crippen molar-refractivity contribution in [3.8, 4) is 0 Å². The molecule has 0 aliphatic rings. The minimum absolute atomic E-state index is 0.0181. The molecule has 162 valence electrons. The Balaban J connectivity index is 2.15. The Labute approximate surface area is 181 Å². The van der Waals surface area contributed by atoms with Gasteiger partial charge in [0, 0.05) is 19.0 Å². The van der Waals surface area contributed by atoms with Gasteiger partial charge in [-0.1, -0.05) is 75.4 Å². The molecule has 2 rings (SSSR count). The number of amides is 2. The first-order valence-electron chi connectivity index (χ1n) is 11.2. The molecule has 0 unspecified atom stereocenters. The maximum Gasteiger partial charge on any atom is 0.243 e. The summed E-state index contributed by atoms with van der Waals surface area (Å²) in [5.74, 6) is -0.0481. The van der Waals surface area contributed by atoms with Gasteiger partial charge in [0.15, 0.2) is 0 Å². The number of nitrogens with zero attached hydrogens (tertiary/aromatic N) is 1. The van der Waals surface area contributed by atoms with Crippen molar-refractivity contribution < 1.29 is 9.59 Å². The first kappa shape index (κ1) is 23.7. The Bertz CT molecular complexity index is 786. The smallest absolute Gasteiger partial charge is 0.243 e.